The molecule has 1 aromatic carbocycles. The van der Waals surface area contributed by atoms with E-state index in [-0.39, 0.29) is 5.56 Å². The van der Waals surface area contributed by atoms with E-state index in [4.69, 9.17) is 4.74 Å². The molecule has 0 atom stereocenters. The predicted molar refractivity (Wildman–Crippen MR) is 90.9 cm³/mol. The minimum atomic E-state index is -0.416. The van der Waals surface area contributed by atoms with Crippen molar-refractivity contribution in [1.82, 2.24) is 14.8 Å². The summed E-state index contributed by atoms with van der Waals surface area (Å²) in [5.41, 5.74) is 1.96. The van der Waals surface area contributed by atoms with E-state index in [0.29, 0.717) is 28.7 Å². The molecule has 3 rings (SSSR count). The summed E-state index contributed by atoms with van der Waals surface area (Å²) in [7, 11) is 1.34. The number of fused-ring (bicyclic) bond motifs is 1. The predicted octanol–water partition coefficient (Wildman–Crippen LogP) is 2.66. The third-order valence-electron chi connectivity index (χ3n) is 3.71. The molecule has 0 fully saturated rings. The van der Waals surface area contributed by atoms with Gasteiger partial charge in [0.15, 0.2) is 0 Å². The standard InChI is InChI=1S/C18H17N3O3/c1-3-10-21-17(22)16-14(8-5-9-19-16)15(20-21)12-6-4-7-13(11-12)18(23)24-2/h4-9,11H,3,10H2,1-2H3. The van der Waals surface area contributed by atoms with Gasteiger partial charge in [0.2, 0.25) is 0 Å². The summed E-state index contributed by atoms with van der Waals surface area (Å²) >= 11 is 0. The molecule has 0 amide bonds. The van der Waals surface area contributed by atoms with Gasteiger partial charge in [-0.1, -0.05) is 19.1 Å². The topological polar surface area (TPSA) is 74.1 Å². The van der Waals surface area contributed by atoms with Crippen LogP contribution in [0.5, 0.6) is 0 Å². The highest BCUT2D eigenvalue weighted by atomic mass is 16.5. The van der Waals surface area contributed by atoms with E-state index >= 15 is 0 Å². The van der Waals surface area contributed by atoms with Crippen LogP contribution in [0.3, 0.4) is 0 Å². The van der Waals surface area contributed by atoms with Gasteiger partial charge in [0.05, 0.1) is 12.7 Å². The number of carbonyl (C=O) groups is 1. The number of pyridine rings is 1. The lowest BCUT2D eigenvalue weighted by atomic mass is 10.0. The number of nitrogens with zero attached hydrogens (tertiary/aromatic N) is 3. The van der Waals surface area contributed by atoms with Crippen LogP contribution in [0.2, 0.25) is 0 Å². The molecule has 0 aliphatic heterocycles. The average Bonchev–Trinajstić information content (AvgIpc) is 2.63. The van der Waals surface area contributed by atoms with Gasteiger partial charge in [-0.2, -0.15) is 5.10 Å². The Kier molecular flexibility index (Phi) is 4.37. The Morgan fingerprint density at radius 3 is 2.83 bits per heavy atom. The monoisotopic (exact) mass is 323 g/mol. The number of methoxy groups -OCH3 is 1. The maximum atomic E-state index is 12.5. The van der Waals surface area contributed by atoms with Gasteiger partial charge in [0.1, 0.15) is 11.2 Å². The largest absolute Gasteiger partial charge is 0.465 e. The molecule has 3 aromatic rings. The SMILES string of the molecule is CCCn1nc(-c2cccc(C(=O)OC)c2)c2cccnc2c1=O. The summed E-state index contributed by atoms with van der Waals surface area (Å²) in [6, 6.07) is 10.6. The molecule has 0 N–H and O–H groups in total. The Labute approximate surface area is 138 Å². The number of hydrogen-bond donors (Lipinski definition) is 0. The Morgan fingerprint density at radius 1 is 1.25 bits per heavy atom. The normalized spacial score (nSPS) is 10.8. The molecule has 0 unspecified atom stereocenters. The second-order valence-corrected chi connectivity index (χ2v) is 5.35. The zero-order valence-corrected chi connectivity index (χ0v) is 13.5. The number of hydrogen-bond acceptors (Lipinski definition) is 5. The molecule has 0 saturated carbocycles. The lowest BCUT2D eigenvalue weighted by Crippen LogP contribution is -2.24. The zero-order chi connectivity index (χ0) is 17.1. The summed E-state index contributed by atoms with van der Waals surface area (Å²) in [6.07, 6.45) is 2.38. The van der Waals surface area contributed by atoms with Crippen LogP contribution in [-0.4, -0.2) is 27.8 Å². The van der Waals surface area contributed by atoms with Crippen LogP contribution in [0.25, 0.3) is 22.2 Å². The van der Waals surface area contributed by atoms with Gasteiger partial charge in [-0.3, -0.25) is 9.78 Å². The first kappa shape index (κ1) is 15.9. The second kappa shape index (κ2) is 6.62. The second-order valence-electron chi connectivity index (χ2n) is 5.35. The van der Waals surface area contributed by atoms with E-state index in [1.807, 2.05) is 19.1 Å². The van der Waals surface area contributed by atoms with Crippen LogP contribution < -0.4 is 5.56 Å². The van der Waals surface area contributed by atoms with Crippen LogP contribution in [0.1, 0.15) is 23.7 Å². The Morgan fingerprint density at radius 2 is 2.08 bits per heavy atom. The fraction of sp³-hybridized carbons (Fsp3) is 0.222. The molecule has 0 radical (unpaired) electrons. The Bertz CT molecular complexity index is 963. The van der Waals surface area contributed by atoms with Crippen LogP contribution in [0.4, 0.5) is 0 Å². The third kappa shape index (κ3) is 2.78. The van der Waals surface area contributed by atoms with Crippen LogP contribution in [0, 0.1) is 0 Å². The number of rotatable bonds is 4. The molecule has 0 aliphatic rings. The van der Waals surface area contributed by atoms with Gasteiger partial charge < -0.3 is 4.74 Å². The van der Waals surface area contributed by atoms with Gasteiger partial charge in [0.25, 0.3) is 5.56 Å². The molecule has 24 heavy (non-hydrogen) atoms. The van der Waals surface area contributed by atoms with Crippen molar-refractivity contribution in [2.75, 3.05) is 7.11 Å². The molecule has 6 heteroatoms. The summed E-state index contributed by atoms with van der Waals surface area (Å²) in [5.74, 6) is -0.416. The first-order chi connectivity index (χ1) is 11.7. The average molecular weight is 323 g/mol. The minimum absolute atomic E-state index is 0.208. The molecule has 0 spiro atoms. The molecule has 122 valence electrons. The van der Waals surface area contributed by atoms with Gasteiger partial charge in [-0.25, -0.2) is 9.48 Å². The number of esters is 1. The Balaban J connectivity index is 2.28. The van der Waals surface area contributed by atoms with Crippen molar-refractivity contribution in [3.8, 4) is 11.3 Å². The quantitative estimate of drug-likeness (QED) is 0.690. The van der Waals surface area contributed by atoms with Crippen molar-refractivity contribution in [1.29, 1.82) is 0 Å². The first-order valence-corrected chi connectivity index (χ1v) is 7.70. The van der Waals surface area contributed by atoms with Crippen molar-refractivity contribution < 1.29 is 9.53 Å². The van der Waals surface area contributed by atoms with E-state index in [0.717, 1.165) is 12.0 Å². The summed E-state index contributed by atoms with van der Waals surface area (Å²) < 4.78 is 6.20. The van der Waals surface area contributed by atoms with Gasteiger partial charge in [0, 0.05) is 23.7 Å². The third-order valence-corrected chi connectivity index (χ3v) is 3.71. The van der Waals surface area contributed by atoms with Crippen molar-refractivity contribution in [2.45, 2.75) is 19.9 Å². The Hall–Kier alpha value is -3.02. The lowest BCUT2D eigenvalue weighted by Gasteiger charge is -2.10. The van der Waals surface area contributed by atoms with E-state index in [1.165, 1.54) is 11.8 Å². The van der Waals surface area contributed by atoms with E-state index in [9.17, 15) is 9.59 Å². The number of ether oxygens (including phenoxy) is 1. The molecular weight excluding hydrogens is 306 g/mol. The van der Waals surface area contributed by atoms with Gasteiger partial charge in [-0.15, -0.1) is 0 Å². The number of aromatic nitrogens is 3. The lowest BCUT2D eigenvalue weighted by molar-refractivity contribution is 0.0601. The van der Waals surface area contributed by atoms with E-state index in [2.05, 4.69) is 10.1 Å². The van der Waals surface area contributed by atoms with Crippen LogP contribution in [0.15, 0.2) is 47.4 Å². The van der Waals surface area contributed by atoms with Crippen molar-refractivity contribution in [3.05, 3.63) is 58.5 Å². The highest BCUT2D eigenvalue weighted by Crippen LogP contribution is 2.24. The van der Waals surface area contributed by atoms with E-state index in [1.54, 1.807) is 30.5 Å². The number of aryl methyl sites for hydroxylation is 1. The highest BCUT2D eigenvalue weighted by Gasteiger charge is 2.14. The molecule has 0 saturated heterocycles. The van der Waals surface area contributed by atoms with Gasteiger partial charge >= 0.3 is 5.97 Å². The first-order valence-electron chi connectivity index (χ1n) is 7.70. The summed E-state index contributed by atoms with van der Waals surface area (Å²) in [5, 5.41) is 5.16. The van der Waals surface area contributed by atoms with Crippen molar-refractivity contribution in [2.24, 2.45) is 0 Å². The zero-order valence-electron chi connectivity index (χ0n) is 13.5. The smallest absolute Gasteiger partial charge is 0.337 e. The van der Waals surface area contributed by atoms with Gasteiger partial charge in [-0.05, 0) is 30.7 Å². The number of benzene rings is 1. The molecule has 0 aliphatic carbocycles. The molecule has 2 aromatic heterocycles. The molecule has 0 bridgehead atoms. The number of carbonyl (C=O) groups excluding carboxylic acids is 1. The summed E-state index contributed by atoms with van der Waals surface area (Å²) in [4.78, 5) is 28.5. The molecule has 2 heterocycles. The maximum absolute atomic E-state index is 12.5. The highest BCUT2D eigenvalue weighted by molar-refractivity contribution is 5.95. The van der Waals surface area contributed by atoms with Crippen molar-refractivity contribution in [3.63, 3.8) is 0 Å². The minimum Gasteiger partial charge on any atom is -0.465 e. The fourth-order valence-corrected chi connectivity index (χ4v) is 2.60. The van der Waals surface area contributed by atoms with Crippen molar-refractivity contribution >= 4 is 16.9 Å². The molecular formula is C18H17N3O3. The molecule has 6 nitrogen and oxygen atoms in total. The summed E-state index contributed by atoms with van der Waals surface area (Å²) in [6.45, 7) is 2.49. The maximum Gasteiger partial charge on any atom is 0.337 e. The van der Waals surface area contributed by atoms with E-state index < -0.39 is 5.97 Å². The van der Waals surface area contributed by atoms with Crippen LogP contribution in [-0.2, 0) is 11.3 Å². The van der Waals surface area contributed by atoms with Crippen LogP contribution >= 0.6 is 0 Å². The fourth-order valence-electron chi connectivity index (χ4n) is 2.60.